The highest BCUT2D eigenvalue weighted by Gasteiger charge is 2.15. The number of rotatable bonds is 3. The van der Waals surface area contributed by atoms with Gasteiger partial charge in [-0.1, -0.05) is 152 Å². The van der Waals surface area contributed by atoms with Crippen molar-refractivity contribution in [3.63, 3.8) is 0 Å². The molecule has 0 saturated heterocycles. The van der Waals surface area contributed by atoms with Gasteiger partial charge in [0.1, 0.15) is 0 Å². The zero-order valence-corrected chi connectivity index (χ0v) is 20.3. The molecule has 0 saturated carbocycles. The van der Waals surface area contributed by atoms with E-state index in [1.807, 2.05) is 0 Å². The minimum atomic E-state index is -0.446. The van der Waals surface area contributed by atoms with Crippen LogP contribution >= 0.6 is 7.92 Å². The molecule has 0 heterocycles. The van der Waals surface area contributed by atoms with E-state index in [1.54, 1.807) is 0 Å². The fourth-order valence-electron chi connectivity index (χ4n) is 4.85. The summed E-state index contributed by atoms with van der Waals surface area (Å²) in [5.41, 5.74) is 0. The monoisotopic (exact) mass is 464 g/mol. The van der Waals surface area contributed by atoms with E-state index in [-0.39, 0.29) is 0 Å². The average Bonchev–Trinajstić information content (AvgIpc) is 2.94. The minimum absolute atomic E-state index is 0.446. The van der Waals surface area contributed by atoms with Gasteiger partial charge in [0.15, 0.2) is 0 Å². The Balaban J connectivity index is 0.000000132. The third-order valence-corrected chi connectivity index (χ3v) is 8.88. The summed E-state index contributed by atoms with van der Waals surface area (Å²) >= 11 is 0. The van der Waals surface area contributed by atoms with Crippen molar-refractivity contribution in [2.24, 2.45) is 0 Å². The van der Waals surface area contributed by atoms with Gasteiger partial charge < -0.3 is 0 Å². The van der Waals surface area contributed by atoms with Crippen LogP contribution in [-0.2, 0) is 0 Å². The molecular weight excluding hydrogens is 439 g/mol. The summed E-state index contributed by atoms with van der Waals surface area (Å²) in [6, 6.07) is 54.2. The van der Waals surface area contributed by atoms with E-state index in [0.717, 1.165) is 0 Å². The summed E-state index contributed by atoms with van der Waals surface area (Å²) in [6.07, 6.45) is 0. The van der Waals surface area contributed by atoms with Gasteiger partial charge in [-0.05, 0) is 56.2 Å². The molecule has 0 aliphatic carbocycles. The van der Waals surface area contributed by atoms with Gasteiger partial charge >= 0.3 is 0 Å². The van der Waals surface area contributed by atoms with Crippen molar-refractivity contribution < 1.29 is 0 Å². The molecule has 166 valence electrons. The van der Waals surface area contributed by atoms with Gasteiger partial charge in [-0.15, -0.1) is 0 Å². The van der Waals surface area contributed by atoms with Crippen molar-refractivity contribution in [3.05, 3.63) is 152 Å². The van der Waals surface area contributed by atoms with Crippen LogP contribution in [0.2, 0.25) is 0 Å². The summed E-state index contributed by atoms with van der Waals surface area (Å²) in [5, 5.41) is 12.3. The molecule has 0 nitrogen and oxygen atoms in total. The van der Waals surface area contributed by atoms with Crippen LogP contribution in [0, 0.1) is 0 Å². The molecule has 0 amide bonds. The molecule has 35 heavy (non-hydrogen) atoms. The lowest BCUT2D eigenvalue weighted by molar-refractivity contribution is 1.74. The third-order valence-electron chi connectivity index (χ3n) is 6.44. The fraction of sp³-hybridized carbons (Fsp3) is 0. The van der Waals surface area contributed by atoms with Crippen LogP contribution in [-0.4, -0.2) is 0 Å². The molecule has 7 aromatic rings. The zero-order valence-electron chi connectivity index (χ0n) is 19.4. The van der Waals surface area contributed by atoms with Crippen LogP contribution in [0.1, 0.15) is 0 Å². The van der Waals surface area contributed by atoms with Crippen LogP contribution in [0.4, 0.5) is 0 Å². The fourth-order valence-corrected chi connectivity index (χ4v) is 7.15. The first kappa shape index (κ1) is 21.5. The lowest BCUT2D eigenvalue weighted by atomic mass is 9.95. The predicted octanol–water partition coefficient (Wildman–Crippen LogP) is 8.03. The first-order valence-corrected chi connectivity index (χ1v) is 13.3. The first-order valence-electron chi connectivity index (χ1n) is 12.0. The second kappa shape index (κ2) is 9.71. The molecular formula is C34H25P. The summed E-state index contributed by atoms with van der Waals surface area (Å²) in [4.78, 5) is 0. The predicted molar refractivity (Wildman–Crippen MR) is 155 cm³/mol. The molecule has 0 unspecified atom stereocenters. The standard InChI is InChI=1S/C18H15P.C16H10/c1-4-10-16(11-5-1)19(17-12-6-2-7-13-17)18-14-8-3-9-15-18;1-3-11-7-9-13-5-2-6-14-10-8-12(4-1)15(11)16(13)14/h1-15H;1-10H. The number of hydrogen-bond acceptors (Lipinski definition) is 0. The molecule has 1 heteroatoms. The van der Waals surface area contributed by atoms with Gasteiger partial charge in [-0.2, -0.15) is 0 Å². The molecule has 0 aliphatic rings. The van der Waals surface area contributed by atoms with Gasteiger partial charge in [0.05, 0.1) is 0 Å². The van der Waals surface area contributed by atoms with Crippen molar-refractivity contribution in [3.8, 4) is 0 Å². The third kappa shape index (κ3) is 4.30. The second-order valence-corrected chi connectivity index (χ2v) is 10.9. The van der Waals surface area contributed by atoms with Gasteiger partial charge in [-0.25, -0.2) is 0 Å². The molecule has 0 bridgehead atoms. The van der Waals surface area contributed by atoms with Crippen molar-refractivity contribution in [1.29, 1.82) is 0 Å². The Hall–Kier alpha value is -3.99. The van der Waals surface area contributed by atoms with Crippen LogP contribution < -0.4 is 15.9 Å². The summed E-state index contributed by atoms with van der Waals surface area (Å²) in [5.74, 6) is 0. The maximum Gasteiger partial charge on any atom is -0.00268 e. The van der Waals surface area contributed by atoms with E-state index in [4.69, 9.17) is 0 Å². The molecule has 0 N–H and O–H groups in total. The minimum Gasteiger partial charge on any atom is -0.0622 e. The van der Waals surface area contributed by atoms with Gasteiger partial charge in [0.25, 0.3) is 0 Å². The molecule has 7 aromatic carbocycles. The molecule has 0 aromatic heterocycles. The van der Waals surface area contributed by atoms with Crippen LogP contribution in [0.25, 0.3) is 32.3 Å². The quantitative estimate of drug-likeness (QED) is 0.183. The average molecular weight is 465 g/mol. The SMILES string of the molecule is c1cc2ccc3cccc4ccc(c1)c2c34.c1ccc(P(c2ccccc2)c2ccccc2)cc1. The van der Waals surface area contributed by atoms with Crippen molar-refractivity contribution in [2.45, 2.75) is 0 Å². The lowest BCUT2D eigenvalue weighted by Gasteiger charge is -2.18. The Labute approximate surface area is 207 Å². The van der Waals surface area contributed by atoms with Crippen LogP contribution in [0.3, 0.4) is 0 Å². The smallest absolute Gasteiger partial charge is 0.00268 e. The summed E-state index contributed by atoms with van der Waals surface area (Å²) in [6.45, 7) is 0. The molecule has 7 rings (SSSR count). The van der Waals surface area contributed by atoms with Gasteiger partial charge in [0.2, 0.25) is 0 Å². The Bertz CT molecular complexity index is 1450. The van der Waals surface area contributed by atoms with Crippen molar-refractivity contribution in [1.82, 2.24) is 0 Å². The Morgan fingerprint density at radius 2 is 0.543 bits per heavy atom. The molecule has 0 aliphatic heterocycles. The number of benzene rings is 7. The topological polar surface area (TPSA) is 0 Å². The van der Waals surface area contributed by atoms with E-state index >= 15 is 0 Å². The molecule has 0 atom stereocenters. The lowest BCUT2D eigenvalue weighted by Crippen LogP contribution is -2.20. The molecule has 0 spiro atoms. The van der Waals surface area contributed by atoms with E-state index in [0.29, 0.717) is 0 Å². The molecule has 0 radical (unpaired) electrons. The summed E-state index contributed by atoms with van der Waals surface area (Å²) < 4.78 is 0. The Kier molecular flexibility index (Phi) is 5.97. The highest BCUT2D eigenvalue weighted by molar-refractivity contribution is 7.79. The van der Waals surface area contributed by atoms with E-state index in [2.05, 4.69) is 152 Å². The largest absolute Gasteiger partial charge is 0.0622 e. The zero-order chi connectivity index (χ0) is 23.5. The van der Waals surface area contributed by atoms with Crippen LogP contribution in [0.5, 0.6) is 0 Å². The van der Waals surface area contributed by atoms with E-state index < -0.39 is 7.92 Å². The second-order valence-electron chi connectivity index (χ2n) is 8.63. The van der Waals surface area contributed by atoms with E-state index in [1.165, 1.54) is 48.2 Å². The van der Waals surface area contributed by atoms with Crippen molar-refractivity contribution in [2.75, 3.05) is 0 Å². The Morgan fingerprint density at radius 1 is 0.257 bits per heavy atom. The maximum absolute atomic E-state index is 2.23. The highest BCUT2D eigenvalue weighted by Crippen LogP contribution is 2.34. The van der Waals surface area contributed by atoms with E-state index in [9.17, 15) is 0 Å². The highest BCUT2D eigenvalue weighted by atomic mass is 31.1. The first-order chi connectivity index (χ1) is 17.4. The normalized spacial score (nSPS) is 11.1. The van der Waals surface area contributed by atoms with Gasteiger partial charge in [-0.3, -0.25) is 0 Å². The number of hydrogen-bond donors (Lipinski definition) is 0. The summed E-state index contributed by atoms with van der Waals surface area (Å²) in [7, 11) is -0.446. The molecule has 0 fully saturated rings. The Morgan fingerprint density at radius 3 is 0.829 bits per heavy atom. The maximum atomic E-state index is 2.23. The van der Waals surface area contributed by atoms with Crippen LogP contribution in [0.15, 0.2) is 152 Å². The van der Waals surface area contributed by atoms with Crippen molar-refractivity contribution >= 4 is 56.2 Å². The van der Waals surface area contributed by atoms with Gasteiger partial charge in [0, 0.05) is 0 Å².